The number of nitrogens with one attached hydrogen (secondary N) is 2. The largest absolute Gasteiger partial charge is 0.466 e. The van der Waals surface area contributed by atoms with Crippen LogP contribution in [0.1, 0.15) is 116 Å². The first kappa shape index (κ1) is 59.0. The molecule has 0 bridgehead atoms. The lowest BCUT2D eigenvalue weighted by Gasteiger charge is -2.40. The number of hydrogen-bond donors (Lipinski definition) is 4. The van der Waals surface area contributed by atoms with Gasteiger partial charge in [0.1, 0.15) is 16.8 Å². The molecule has 4 atom stereocenters. The Labute approximate surface area is 387 Å². The number of rotatable bonds is 10. The molecule has 376 valence electrons. The molecule has 4 fully saturated rings. The highest BCUT2D eigenvalue weighted by Gasteiger charge is 2.31. The fraction of sp³-hybridized carbons (Fsp3) is 0.913. The van der Waals surface area contributed by atoms with E-state index in [4.69, 9.17) is 29.2 Å². The van der Waals surface area contributed by atoms with Crippen molar-refractivity contribution in [3.05, 3.63) is 0 Å². The van der Waals surface area contributed by atoms with Gasteiger partial charge in [0.25, 0.3) is 0 Å². The van der Waals surface area contributed by atoms with E-state index in [-0.39, 0.29) is 36.9 Å². The third kappa shape index (κ3) is 26.2. The Hall–Kier alpha value is -3.00. The number of amides is 3. The van der Waals surface area contributed by atoms with Gasteiger partial charge in [-0.2, -0.15) is 0 Å². The van der Waals surface area contributed by atoms with Gasteiger partial charge in [0.05, 0.1) is 13.0 Å². The lowest BCUT2D eigenvalue weighted by atomic mass is 10.2. The molecule has 4 saturated heterocycles. The minimum absolute atomic E-state index is 0.167. The van der Waals surface area contributed by atoms with Crippen molar-refractivity contribution in [3.63, 3.8) is 0 Å². The molecular formula is C46H92N8O10. The Morgan fingerprint density at radius 1 is 0.562 bits per heavy atom. The highest BCUT2D eigenvalue weighted by atomic mass is 16.6. The summed E-state index contributed by atoms with van der Waals surface area (Å²) >= 11 is 0. The fourth-order valence-corrected chi connectivity index (χ4v) is 7.30. The van der Waals surface area contributed by atoms with Gasteiger partial charge >= 0.3 is 24.2 Å². The Morgan fingerprint density at radius 2 is 0.984 bits per heavy atom. The zero-order chi connectivity index (χ0) is 48.7. The maximum absolute atomic E-state index is 12.0. The third-order valence-corrected chi connectivity index (χ3v) is 10.6. The monoisotopic (exact) mass is 917 g/mol. The highest BCUT2D eigenvalue weighted by molar-refractivity contribution is 5.70. The number of piperazine rings is 4. The number of carbonyl (C=O) groups excluding carboxylic acids is 4. The van der Waals surface area contributed by atoms with Gasteiger partial charge in [-0.1, -0.05) is 0 Å². The van der Waals surface area contributed by atoms with Crippen LogP contribution in [-0.4, -0.2) is 223 Å². The van der Waals surface area contributed by atoms with E-state index in [1.54, 1.807) is 21.6 Å². The van der Waals surface area contributed by atoms with Crippen LogP contribution in [0, 0.1) is 0 Å². The number of nitrogens with zero attached hydrogens (tertiary/aromatic N) is 6. The predicted octanol–water partition coefficient (Wildman–Crippen LogP) is 4.07. The Morgan fingerprint density at radius 3 is 1.36 bits per heavy atom. The SMILES string of the molecule is CCOC(=O)CCN1CCN(C(=O)OC(C)(C)C)C[C@H]1C.C[C@@H]1CN(C(=O)OC(C)(C)C)CCN1.C[C@@H]1CN(C(=O)OC(C)(C)C)CCN1CCCO.C[C@@H]1CNCCN1CCCO. The summed E-state index contributed by atoms with van der Waals surface area (Å²) < 4.78 is 21.0. The number of hydrogen-bond acceptors (Lipinski definition) is 15. The molecule has 4 aliphatic heterocycles. The molecule has 0 saturated carbocycles. The normalized spacial score (nSPS) is 22.7. The summed E-state index contributed by atoms with van der Waals surface area (Å²) in [6.45, 7) is 40.6. The molecular weight excluding hydrogens is 825 g/mol. The molecule has 18 nitrogen and oxygen atoms in total. The van der Waals surface area contributed by atoms with E-state index >= 15 is 0 Å². The standard InChI is InChI=1S/C15H28N2O4.C13H26N2O3.C10H20N2O2.C8H18N2O/c1-6-20-13(18)7-8-16-9-10-17(11-12(16)2)14(19)21-15(3,4)5;1-11-10-15(12(17)18-13(2,3)4)8-7-14(11)6-5-9-16;1-8-7-12(6-5-11-8)9(13)14-10(2,3)4;1-8-7-9-3-5-10(8)4-2-6-11/h12H,6-11H2,1-5H3;11,16H,5-10H2,1-4H3;8,11H,5-7H2,1-4H3;8-9,11H,2-7H2,1H3/t12-;11-;2*8-/m1111/s1. The van der Waals surface area contributed by atoms with E-state index in [0.717, 1.165) is 78.3 Å². The van der Waals surface area contributed by atoms with Crippen molar-refractivity contribution < 1.29 is 48.3 Å². The topological polar surface area (TPSA) is 189 Å². The second-order valence-corrected chi connectivity index (χ2v) is 20.2. The van der Waals surface area contributed by atoms with Crippen LogP contribution in [0.15, 0.2) is 0 Å². The molecule has 4 heterocycles. The number of aliphatic hydroxyl groups is 2. The Bertz CT molecular complexity index is 1340. The summed E-state index contributed by atoms with van der Waals surface area (Å²) in [4.78, 5) is 59.2. The third-order valence-electron chi connectivity index (χ3n) is 10.6. The average molecular weight is 917 g/mol. The van der Waals surface area contributed by atoms with E-state index in [2.05, 4.69) is 53.0 Å². The Kier molecular flexibility index (Phi) is 27.3. The molecule has 3 amide bonds. The summed E-state index contributed by atoms with van der Waals surface area (Å²) in [5.41, 5.74) is -1.30. The zero-order valence-electron chi connectivity index (χ0n) is 42.5. The highest BCUT2D eigenvalue weighted by Crippen LogP contribution is 2.17. The summed E-state index contributed by atoms with van der Waals surface area (Å²) in [7, 11) is 0. The molecule has 0 spiro atoms. The van der Waals surface area contributed by atoms with Crippen molar-refractivity contribution in [2.24, 2.45) is 0 Å². The van der Waals surface area contributed by atoms with Crippen molar-refractivity contribution in [1.82, 2.24) is 40.0 Å². The van der Waals surface area contributed by atoms with Crippen molar-refractivity contribution in [2.45, 2.75) is 157 Å². The van der Waals surface area contributed by atoms with Crippen LogP contribution < -0.4 is 10.6 Å². The summed E-state index contributed by atoms with van der Waals surface area (Å²) in [6, 6.07) is 1.52. The van der Waals surface area contributed by atoms with Crippen LogP contribution in [0.3, 0.4) is 0 Å². The summed E-state index contributed by atoms with van der Waals surface area (Å²) in [5.74, 6) is -0.167. The quantitative estimate of drug-likeness (QED) is 0.181. The first-order chi connectivity index (χ1) is 29.8. The van der Waals surface area contributed by atoms with Crippen LogP contribution in [0.5, 0.6) is 0 Å². The lowest BCUT2D eigenvalue weighted by molar-refractivity contribution is -0.143. The predicted molar refractivity (Wildman–Crippen MR) is 252 cm³/mol. The van der Waals surface area contributed by atoms with Crippen LogP contribution in [-0.2, 0) is 23.7 Å². The molecule has 4 N–H and O–H groups in total. The zero-order valence-corrected chi connectivity index (χ0v) is 42.5. The van der Waals surface area contributed by atoms with Gasteiger partial charge in [0, 0.05) is 136 Å². The fourth-order valence-electron chi connectivity index (χ4n) is 7.30. The van der Waals surface area contributed by atoms with E-state index in [9.17, 15) is 19.2 Å². The number of ether oxygens (including phenoxy) is 4. The van der Waals surface area contributed by atoms with E-state index < -0.39 is 16.8 Å². The van der Waals surface area contributed by atoms with Gasteiger partial charge in [-0.05, 0) is 110 Å². The molecule has 0 unspecified atom stereocenters. The van der Waals surface area contributed by atoms with E-state index in [0.29, 0.717) is 70.5 Å². The molecule has 0 radical (unpaired) electrons. The van der Waals surface area contributed by atoms with E-state index in [1.807, 2.05) is 62.3 Å². The average Bonchev–Trinajstić information content (AvgIpc) is 3.18. The minimum atomic E-state index is -0.471. The first-order valence-corrected chi connectivity index (χ1v) is 23.8. The van der Waals surface area contributed by atoms with Crippen molar-refractivity contribution in [1.29, 1.82) is 0 Å². The van der Waals surface area contributed by atoms with Crippen LogP contribution >= 0.6 is 0 Å². The van der Waals surface area contributed by atoms with Gasteiger partial charge in [-0.25, -0.2) is 14.4 Å². The van der Waals surface area contributed by atoms with Gasteiger partial charge in [-0.3, -0.25) is 19.5 Å². The van der Waals surface area contributed by atoms with Gasteiger partial charge < -0.3 is 54.5 Å². The molecule has 64 heavy (non-hydrogen) atoms. The van der Waals surface area contributed by atoms with E-state index in [1.165, 1.54) is 0 Å². The summed E-state index contributed by atoms with van der Waals surface area (Å²) in [6.07, 6.45) is 1.40. The smallest absolute Gasteiger partial charge is 0.410 e. The minimum Gasteiger partial charge on any atom is -0.466 e. The number of aliphatic hydroxyl groups excluding tert-OH is 2. The summed E-state index contributed by atoms with van der Waals surface area (Å²) in [5, 5.41) is 24.1. The molecule has 4 aliphatic rings. The second kappa shape index (κ2) is 29.6. The van der Waals surface area contributed by atoms with Crippen LogP contribution in [0.4, 0.5) is 14.4 Å². The molecule has 0 aliphatic carbocycles. The van der Waals surface area contributed by atoms with Gasteiger partial charge in [-0.15, -0.1) is 0 Å². The first-order valence-electron chi connectivity index (χ1n) is 23.8. The molecule has 4 rings (SSSR count). The molecule has 18 heteroatoms. The number of esters is 1. The van der Waals surface area contributed by atoms with Crippen LogP contribution in [0.2, 0.25) is 0 Å². The maximum Gasteiger partial charge on any atom is 0.410 e. The van der Waals surface area contributed by atoms with Gasteiger partial charge in [0.2, 0.25) is 0 Å². The lowest BCUT2D eigenvalue weighted by Crippen LogP contribution is -2.54. The number of carbonyl (C=O) groups is 4. The molecule has 0 aromatic carbocycles. The van der Waals surface area contributed by atoms with Crippen molar-refractivity contribution in [2.75, 3.05) is 118 Å². The second-order valence-electron chi connectivity index (χ2n) is 20.2. The van der Waals surface area contributed by atoms with Gasteiger partial charge in [0.15, 0.2) is 0 Å². The molecule has 0 aromatic rings. The Balaban J connectivity index is 0.000000438. The van der Waals surface area contributed by atoms with Crippen molar-refractivity contribution >= 4 is 24.2 Å². The van der Waals surface area contributed by atoms with Crippen LogP contribution in [0.25, 0.3) is 0 Å². The van der Waals surface area contributed by atoms with Crippen molar-refractivity contribution in [3.8, 4) is 0 Å². The maximum atomic E-state index is 12.0. The molecule has 0 aromatic heterocycles.